The van der Waals surface area contributed by atoms with E-state index in [9.17, 15) is 4.79 Å². The second kappa shape index (κ2) is 7.49. The first kappa shape index (κ1) is 17.3. The van der Waals surface area contributed by atoms with Gasteiger partial charge in [0, 0.05) is 23.5 Å². The largest absolute Gasteiger partial charge is 0.366 e. The number of hydrogen-bond acceptors (Lipinski definition) is 1. The van der Waals surface area contributed by atoms with Crippen molar-refractivity contribution in [3.8, 4) is 11.1 Å². The Labute approximate surface area is 139 Å². The molecule has 3 nitrogen and oxygen atoms in total. The molecule has 0 fully saturated rings. The number of carbonyl (C=O) groups is 1. The average Bonchev–Trinajstić information content (AvgIpc) is 2.78. The third-order valence-corrected chi connectivity index (χ3v) is 4.51. The molecule has 0 unspecified atom stereocenters. The highest BCUT2D eigenvalue weighted by Gasteiger charge is 2.24. The van der Waals surface area contributed by atoms with Crippen molar-refractivity contribution in [2.24, 2.45) is 5.73 Å². The van der Waals surface area contributed by atoms with E-state index >= 15 is 0 Å². The van der Waals surface area contributed by atoms with E-state index in [1.807, 2.05) is 19.1 Å². The highest BCUT2D eigenvalue weighted by Crippen LogP contribution is 2.35. The van der Waals surface area contributed by atoms with Crippen LogP contribution in [0.1, 0.15) is 60.4 Å². The number of aromatic nitrogens is 1. The SMILES string of the molecule is CCCCn1c(C)c(C(N)=O)c(-c2ccccc2C)c1CCC. The highest BCUT2D eigenvalue weighted by molar-refractivity contribution is 6.02. The van der Waals surface area contributed by atoms with Gasteiger partial charge in [0.05, 0.1) is 5.56 Å². The first-order valence-corrected chi connectivity index (χ1v) is 8.60. The molecule has 3 heteroatoms. The molecule has 2 rings (SSSR count). The van der Waals surface area contributed by atoms with E-state index in [4.69, 9.17) is 5.73 Å². The molecule has 1 aromatic carbocycles. The van der Waals surface area contributed by atoms with Gasteiger partial charge in [0.2, 0.25) is 0 Å². The van der Waals surface area contributed by atoms with Crippen molar-refractivity contribution in [1.29, 1.82) is 0 Å². The summed E-state index contributed by atoms with van der Waals surface area (Å²) in [5, 5.41) is 0. The predicted octanol–water partition coefficient (Wildman–Crippen LogP) is 4.62. The molecule has 1 aromatic heterocycles. The summed E-state index contributed by atoms with van der Waals surface area (Å²) in [4.78, 5) is 12.2. The maximum Gasteiger partial charge on any atom is 0.251 e. The van der Waals surface area contributed by atoms with E-state index < -0.39 is 0 Å². The number of unbranched alkanes of at least 4 members (excludes halogenated alkanes) is 1. The highest BCUT2D eigenvalue weighted by atomic mass is 16.1. The summed E-state index contributed by atoms with van der Waals surface area (Å²) < 4.78 is 2.31. The zero-order chi connectivity index (χ0) is 17.0. The van der Waals surface area contributed by atoms with Gasteiger partial charge < -0.3 is 10.3 Å². The topological polar surface area (TPSA) is 48.0 Å². The Morgan fingerprint density at radius 3 is 2.39 bits per heavy atom. The monoisotopic (exact) mass is 312 g/mol. The van der Waals surface area contributed by atoms with Gasteiger partial charge in [-0.2, -0.15) is 0 Å². The van der Waals surface area contributed by atoms with Crippen molar-refractivity contribution in [1.82, 2.24) is 4.57 Å². The second-order valence-electron chi connectivity index (χ2n) is 6.22. The van der Waals surface area contributed by atoms with Crippen LogP contribution < -0.4 is 5.73 Å². The number of amides is 1. The lowest BCUT2D eigenvalue weighted by Crippen LogP contribution is -2.13. The summed E-state index contributed by atoms with van der Waals surface area (Å²) in [6, 6.07) is 8.25. The molecule has 0 aliphatic rings. The quantitative estimate of drug-likeness (QED) is 0.796. The summed E-state index contributed by atoms with van der Waals surface area (Å²) in [6.07, 6.45) is 4.25. The average molecular weight is 312 g/mol. The maximum atomic E-state index is 12.2. The number of aryl methyl sites for hydroxylation is 1. The van der Waals surface area contributed by atoms with E-state index in [2.05, 4.69) is 37.5 Å². The van der Waals surface area contributed by atoms with Crippen LogP contribution in [-0.4, -0.2) is 10.5 Å². The van der Waals surface area contributed by atoms with E-state index in [-0.39, 0.29) is 5.91 Å². The van der Waals surface area contributed by atoms with Crippen molar-refractivity contribution in [3.63, 3.8) is 0 Å². The fourth-order valence-corrected chi connectivity index (χ4v) is 3.36. The van der Waals surface area contributed by atoms with Gasteiger partial charge in [-0.15, -0.1) is 0 Å². The molecular weight excluding hydrogens is 284 g/mol. The molecule has 0 spiro atoms. The zero-order valence-electron chi connectivity index (χ0n) is 14.8. The standard InChI is InChI=1S/C20H28N2O/c1-5-7-13-22-15(4)18(20(21)23)19(17(22)10-6-2)16-12-9-8-11-14(16)3/h8-9,11-12H,5-7,10,13H2,1-4H3,(H2,21,23). The molecule has 1 heterocycles. The molecule has 124 valence electrons. The van der Waals surface area contributed by atoms with Crippen molar-refractivity contribution in [2.75, 3.05) is 0 Å². The molecule has 0 radical (unpaired) electrons. The summed E-state index contributed by atoms with van der Waals surface area (Å²) >= 11 is 0. The molecule has 0 bridgehead atoms. The number of hydrogen-bond donors (Lipinski definition) is 1. The number of carbonyl (C=O) groups excluding carboxylic acids is 1. The molecule has 2 aromatic rings. The minimum Gasteiger partial charge on any atom is -0.366 e. The van der Waals surface area contributed by atoms with Crippen LogP contribution in [0.3, 0.4) is 0 Å². The van der Waals surface area contributed by atoms with Crippen molar-refractivity contribution in [2.45, 2.75) is 59.9 Å². The van der Waals surface area contributed by atoms with Crippen LogP contribution >= 0.6 is 0 Å². The van der Waals surface area contributed by atoms with E-state index in [1.165, 1.54) is 11.3 Å². The molecule has 1 amide bonds. The molecule has 0 saturated carbocycles. The maximum absolute atomic E-state index is 12.2. The van der Waals surface area contributed by atoms with Gasteiger partial charge in [-0.25, -0.2) is 0 Å². The van der Waals surface area contributed by atoms with Gasteiger partial charge in [0.15, 0.2) is 0 Å². The van der Waals surface area contributed by atoms with Crippen molar-refractivity contribution in [3.05, 3.63) is 46.8 Å². The molecule has 2 N–H and O–H groups in total. The fourth-order valence-electron chi connectivity index (χ4n) is 3.36. The number of nitrogens with two attached hydrogens (primary N) is 1. The van der Waals surface area contributed by atoms with E-state index in [0.29, 0.717) is 5.56 Å². The number of rotatable bonds is 7. The normalized spacial score (nSPS) is 11.0. The lowest BCUT2D eigenvalue weighted by atomic mass is 9.94. The summed E-state index contributed by atoms with van der Waals surface area (Å²) in [5.41, 5.74) is 12.1. The van der Waals surface area contributed by atoms with Crippen LogP contribution in [0.4, 0.5) is 0 Å². The molecule has 0 atom stereocenters. The Kier molecular flexibility index (Phi) is 5.64. The van der Waals surface area contributed by atoms with E-state index in [0.717, 1.165) is 49.0 Å². The van der Waals surface area contributed by atoms with Gasteiger partial charge in [-0.1, -0.05) is 51.0 Å². The van der Waals surface area contributed by atoms with E-state index in [1.54, 1.807) is 0 Å². The molecule has 0 aliphatic heterocycles. The van der Waals surface area contributed by atoms with Crippen LogP contribution in [0.25, 0.3) is 11.1 Å². The summed E-state index contributed by atoms with van der Waals surface area (Å²) in [7, 11) is 0. The summed E-state index contributed by atoms with van der Waals surface area (Å²) in [5.74, 6) is -0.326. The number of nitrogens with zero attached hydrogens (tertiary/aromatic N) is 1. The van der Waals surface area contributed by atoms with Gasteiger partial charge in [-0.05, 0) is 37.8 Å². The van der Waals surface area contributed by atoms with Crippen molar-refractivity contribution >= 4 is 5.91 Å². The van der Waals surface area contributed by atoms with Crippen LogP contribution in [0.15, 0.2) is 24.3 Å². The van der Waals surface area contributed by atoms with Crippen molar-refractivity contribution < 1.29 is 4.79 Å². The van der Waals surface area contributed by atoms with Crippen LogP contribution in [0, 0.1) is 13.8 Å². The van der Waals surface area contributed by atoms with Crippen LogP contribution in [-0.2, 0) is 13.0 Å². The Morgan fingerprint density at radius 1 is 1.13 bits per heavy atom. The summed E-state index contributed by atoms with van der Waals surface area (Å²) in [6.45, 7) is 9.43. The lowest BCUT2D eigenvalue weighted by Gasteiger charge is -2.13. The molecular formula is C20H28N2O. The third-order valence-electron chi connectivity index (χ3n) is 4.51. The Morgan fingerprint density at radius 2 is 1.83 bits per heavy atom. The first-order chi connectivity index (χ1) is 11.0. The number of benzene rings is 1. The van der Waals surface area contributed by atoms with Gasteiger partial charge in [0.25, 0.3) is 5.91 Å². The van der Waals surface area contributed by atoms with Gasteiger partial charge in [-0.3, -0.25) is 4.79 Å². The molecule has 0 aliphatic carbocycles. The third kappa shape index (κ3) is 3.34. The van der Waals surface area contributed by atoms with Crippen LogP contribution in [0.5, 0.6) is 0 Å². The Hall–Kier alpha value is -2.03. The van der Waals surface area contributed by atoms with Gasteiger partial charge >= 0.3 is 0 Å². The predicted molar refractivity (Wildman–Crippen MR) is 96.8 cm³/mol. The number of primary amides is 1. The van der Waals surface area contributed by atoms with Gasteiger partial charge in [0.1, 0.15) is 0 Å². The Bertz CT molecular complexity index is 698. The minimum atomic E-state index is -0.326. The molecule has 23 heavy (non-hydrogen) atoms. The lowest BCUT2D eigenvalue weighted by molar-refractivity contribution is 0.1000. The minimum absolute atomic E-state index is 0.326. The molecule has 0 saturated heterocycles. The smallest absolute Gasteiger partial charge is 0.251 e. The fraction of sp³-hybridized carbons (Fsp3) is 0.450. The second-order valence-corrected chi connectivity index (χ2v) is 6.22. The first-order valence-electron chi connectivity index (χ1n) is 8.60. The van der Waals surface area contributed by atoms with Crippen LogP contribution in [0.2, 0.25) is 0 Å². The zero-order valence-corrected chi connectivity index (χ0v) is 14.8. The Balaban J connectivity index is 2.76.